The molecule has 0 saturated heterocycles. The molecule has 2 aromatic carbocycles. The molecule has 8 heteroatoms. The van der Waals surface area contributed by atoms with Gasteiger partial charge in [0.2, 0.25) is 0 Å². The first-order chi connectivity index (χ1) is 10.3. The van der Waals surface area contributed by atoms with E-state index < -0.39 is 16.7 Å². The number of hydrogen-bond acceptors (Lipinski definition) is 3. The molecule has 0 unspecified atom stereocenters. The van der Waals surface area contributed by atoms with Gasteiger partial charge in [-0.15, -0.1) is 0 Å². The van der Waals surface area contributed by atoms with E-state index in [1.165, 1.54) is 30.3 Å². The predicted molar refractivity (Wildman–Crippen MR) is 73.2 cm³/mol. The molecule has 22 heavy (non-hydrogen) atoms. The molecule has 0 saturated carbocycles. The van der Waals surface area contributed by atoms with Crippen molar-refractivity contribution in [3.05, 3.63) is 58.1 Å². The van der Waals surface area contributed by atoms with Crippen LogP contribution in [0.4, 0.5) is 18.9 Å². The van der Waals surface area contributed by atoms with Gasteiger partial charge in [-0.1, -0.05) is 0 Å². The Morgan fingerprint density at radius 2 is 1.77 bits per heavy atom. The number of nitro groups is 1. The molecule has 1 heterocycles. The Hall–Kier alpha value is -2.90. The minimum absolute atomic E-state index is 0.0702. The topological polar surface area (TPSA) is 71.8 Å². The summed E-state index contributed by atoms with van der Waals surface area (Å²) in [4.78, 5) is 17.0. The van der Waals surface area contributed by atoms with Crippen molar-refractivity contribution >= 4 is 16.7 Å². The van der Waals surface area contributed by atoms with Crippen molar-refractivity contribution in [1.29, 1.82) is 0 Å². The van der Waals surface area contributed by atoms with Gasteiger partial charge in [-0.2, -0.15) is 13.2 Å². The van der Waals surface area contributed by atoms with Gasteiger partial charge in [0.15, 0.2) is 0 Å². The van der Waals surface area contributed by atoms with E-state index in [1.54, 1.807) is 0 Å². The van der Waals surface area contributed by atoms with Crippen molar-refractivity contribution in [2.75, 3.05) is 0 Å². The summed E-state index contributed by atoms with van der Waals surface area (Å²) in [5, 5.41) is 10.6. The van der Waals surface area contributed by atoms with Gasteiger partial charge in [0.1, 0.15) is 5.82 Å². The number of H-pyrrole nitrogens is 1. The Morgan fingerprint density at radius 1 is 1.09 bits per heavy atom. The molecule has 112 valence electrons. The summed E-state index contributed by atoms with van der Waals surface area (Å²) in [6.45, 7) is 0. The average molecular weight is 307 g/mol. The molecule has 1 aromatic heterocycles. The number of halogens is 3. The number of non-ortho nitro benzene ring substituents is 1. The third-order valence-corrected chi connectivity index (χ3v) is 3.16. The zero-order valence-corrected chi connectivity index (χ0v) is 10.9. The molecule has 0 radical (unpaired) electrons. The van der Waals surface area contributed by atoms with Crippen LogP contribution in [-0.2, 0) is 6.18 Å². The van der Waals surface area contributed by atoms with Crippen molar-refractivity contribution in [3.63, 3.8) is 0 Å². The summed E-state index contributed by atoms with van der Waals surface area (Å²) >= 11 is 0. The fourth-order valence-electron chi connectivity index (χ4n) is 2.06. The van der Waals surface area contributed by atoms with Gasteiger partial charge in [-0.05, 0) is 30.3 Å². The number of fused-ring (bicyclic) bond motifs is 1. The summed E-state index contributed by atoms with van der Waals surface area (Å²) in [5.74, 6) is 0.351. The lowest BCUT2D eigenvalue weighted by Gasteiger charge is -2.05. The number of aromatic nitrogens is 2. The lowest BCUT2D eigenvalue weighted by Crippen LogP contribution is -2.04. The minimum Gasteiger partial charge on any atom is -0.338 e. The predicted octanol–water partition coefficient (Wildman–Crippen LogP) is 4.16. The number of alkyl halides is 3. The number of hydrogen-bond donors (Lipinski definition) is 1. The molecule has 3 rings (SSSR count). The SMILES string of the molecule is O=[N+]([O-])c1ccc(-c2nc3ccc(C(F)(F)F)cc3[nH]2)cc1. The summed E-state index contributed by atoms with van der Waals surface area (Å²) in [6.07, 6.45) is -4.42. The number of aromatic amines is 1. The number of nitrogens with zero attached hydrogens (tertiary/aromatic N) is 2. The highest BCUT2D eigenvalue weighted by molar-refractivity contribution is 5.80. The standard InChI is InChI=1S/C14H8F3N3O2/c15-14(16,17)9-3-6-11-12(7-9)19-13(18-11)8-1-4-10(5-2-8)20(21)22/h1-7H,(H,18,19). The second-order valence-corrected chi connectivity index (χ2v) is 4.62. The second kappa shape index (κ2) is 4.83. The number of rotatable bonds is 2. The van der Waals surface area contributed by atoms with Gasteiger partial charge >= 0.3 is 6.18 Å². The normalized spacial score (nSPS) is 11.8. The smallest absolute Gasteiger partial charge is 0.338 e. The van der Waals surface area contributed by atoms with Gasteiger partial charge in [0.05, 0.1) is 21.5 Å². The molecule has 0 aliphatic heterocycles. The molecule has 0 amide bonds. The van der Waals surface area contributed by atoms with Crippen LogP contribution in [0, 0.1) is 10.1 Å². The van der Waals surface area contributed by atoms with Gasteiger partial charge in [0, 0.05) is 17.7 Å². The van der Waals surface area contributed by atoms with E-state index in [4.69, 9.17) is 0 Å². The van der Waals surface area contributed by atoms with Gasteiger partial charge < -0.3 is 4.98 Å². The van der Waals surface area contributed by atoms with Crippen molar-refractivity contribution in [2.45, 2.75) is 6.18 Å². The highest BCUT2D eigenvalue weighted by Gasteiger charge is 2.30. The van der Waals surface area contributed by atoms with Crippen LogP contribution in [0.2, 0.25) is 0 Å². The molecular formula is C14H8F3N3O2. The second-order valence-electron chi connectivity index (χ2n) is 4.62. The van der Waals surface area contributed by atoms with Crippen molar-refractivity contribution < 1.29 is 18.1 Å². The van der Waals surface area contributed by atoms with E-state index in [2.05, 4.69) is 9.97 Å². The van der Waals surface area contributed by atoms with Crippen LogP contribution in [0.5, 0.6) is 0 Å². The van der Waals surface area contributed by atoms with Crippen LogP contribution < -0.4 is 0 Å². The van der Waals surface area contributed by atoms with Gasteiger partial charge in [0.25, 0.3) is 5.69 Å². The van der Waals surface area contributed by atoms with Crippen LogP contribution in [0.3, 0.4) is 0 Å². The van der Waals surface area contributed by atoms with E-state index in [9.17, 15) is 23.3 Å². The maximum absolute atomic E-state index is 12.7. The number of benzene rings is 2. The molecule has 0 aliphatic carbocycles. The molecule has 0 aliphatic rings. The largest absolute Gasteiger partial charge is 0.416 e. The highest BCUT2D eigenvalue weighted by atomic mass is 19.4. The van der Waals surface area contributed by atoms with E-state index in [-0.39, 0.29) is 11.2 Å². The Labute approximate surface area is 121 Å². The lowest BCUT2D eigenvalue weighted by atomic mass is 10.2. The van der Waals surface area contributed by atoms with E-state index in [1.807, 2.05) is 0 Å². The number of nitro benzene ring substituents is 1. The molecule has 0 atom stereocenters. The van der Waals surface area contributed by atoms with Crippen LogP contribution in [-0.4, -0.2) is 14.9 Å². The van der Waals surface area contributed by atoms with Crippen molar-refractivity contribution in [3.8, 4) is 11.4 Å². The van der Waals surface area contributed by atoms with Crippen LogP contribution in [0.1, 0.15) is 5.56 Å². The Morgan fingerprint density at radius 3 is 2.36 bits per heavy atom. The maximum Gasteiger partial charge on any atom is 0.416 e. The molecule has 3 aromatic rings. The zero-order chi connectivity index (χ0) is 15.9. The zero-order valence-electron chi connectivity index (χ0n) is 10.9. The van der Waals surface area contributed by atoms with E-state index >= 15 is 0 Å². The first-order valence-electron chi connectivity index (χ1n) is 6.16. The maximum atomic E-state index is 12.7. The number of imidazole rings is 1. The molecule has 0 bridgehead atoms. The summed E-state index contributed by atoms with van der Waals surface area (Å²) < 4.78 is 38.0. The average Bonchev–Trinajstić information content (AvgIpc) is 2.89. The van der Waals surface area contributed by atoms with Crippen LogP contribution in [0.25, 0.3) is 22.4 Å². The van der Waals surface area contributed by atoms with Gasteiger partial charge in [-0.25, -0.2) is 4.98 Å². The first kappa shape index (κ1) is 14.1. The van der Waals surface area contributed by atoms with Crippen molar-refractivity contribution in [2.24, 2.45) is 0 Å². The Balaban J connectivity index is 2.03. The van der Waals surface area contributed by atoms with E-state index in [0.717, 1.165) is 12.1 Å². The number of nitrogens with one attached hydrogen (secondary N) is 1. The highest BCUT2D eigenvalue weighted by Crippen LogP contribution is 2.31. The Kier molecular flexibility index (Phi) is 3.09. The quantitative estimate of drug-likeness (QED) is 0.571. The summed E-state index contributed by atoms with van der Waals surface area (Å²) in [7, 11) is 0. The fourth-order valence-corrected chi connectivity index (χ4v) is 2.06. The van der Waals surface area contributed by atoms with Crippen molar-refractivity contribution in [1.82, 2.24) is 9.97 Å². The summed E-state index contributed by atoms with van der Waals surface area (Å²) in [5.41, 5.74) is 0.359. The third-order valence-electron chi connectivity index (χ3n) is 3.16. The molecule has 1 N–H and O–H groups in total. The molecule has 5 nitrogen and oxygen atoms in total. The van der Waals surface area contributed by atoms with E-state index in [0.29, 0.717) is 16.9 Å². The minimum atomic E-state index is -4.42. The molecular weight excluding hydrogens is 299 g/mol. The molecule has 0 spiro atoms. The first-order valence-corrected chi connectivity index (χ1v) is 6.16. The third kappa shape index (κ3) is 2.50. The molecule has 0 fully saturated rings. The lowest BCUT2D eigenvalue weighted by molar-refractivity contribution is -0.384. The summed E-state index contributed by atoms with van der Waals surface area (Å²) in [6, 6.07) is 8.82. The van der Waals surface area contributed by atoms with Gasteiger partial charge in [-0.3, -0.25) is 10.1 Å². The van der Waals surface area contributed by atoms with Crippen LogP contribution in [0.15, 0.2) is 42.5 Å². The van der Waals surface area contributed by atoms with Crippen LogP contribution >= 0.6 is 0 Å². The monoisotopic (exact) mass is 307 g/mol. The Bertz CT molecular complexity index is 854. The fraction of sp³-hybridized carbons (Fsp3) is 0.0714.